The van der Waals surface area contributed by atoms with Gasteiger partial charge in [-0.3, -0.25) is 14.5 Å². The first-order chi connectivity index (χ1) is 7.56. The Bertz CT molecular complexity index is 243. The van der Waals surface area contributed by atoms with E-state index in [4.69, 9.17) is 0 Å². The van der Waals surface area contributed by atoms with Gasteiger partial charge in [-0.25, -0.2) is 0 Å². The average molecular weight is 229 g/mol. The zero-order valence-corrected chi connectivity index (χ0v) is 10.9. The molecule has 0 saturated carbocycles. The standard InChI is InChI=1S/C9H17N3O2.C2H6/c1-7(13)12-5-4-11(3)8(6-12)9(14)10-2;1-2/h8H,4-6H2,1-3H3,(H,10,14);1-2H3. The Morgan fingerprint density at radius 2 is 1.81 bits per heavy atom. The lowest BCUT2D eigenvalue weighted by molar-refractivity contribution is -0.135. The minimum atomic E-state index is -0.211. The molecule has 1 atom stereocenters. The van der Waals surface area contributed by atoms with Crippen LogP contribution in [0.25, 0.3) is 0 Å². The van der Waals surface area contributed by atoms with E-state index in [1.54, 1.807) is 11.9 Å². The summed E-state index contributed by atoms with van der Waals surface area (Å²) in [5.74, 6) is 0.00505. The molecule has 0 spiro atoms. The number of hydrogen-bond donors (Lipinski definition) is 1. The Balaban J connectivity index is 0.00000106. The monoisotopic (exact) mass is 229 g/mol. The maximum absolute atomic E-state index is 11.5. The number of piperazine rings is 1. The fraction of sp³-hybridized carbons (Fsp3) is 0.818. The molecule has 1 heterocycles. The summed E-state index contributed by atoms with van der Waals surface area (Å²) in [6.45, 7) is 7.48. The Labute approximate surface area is 97.8 Å². The molecular formula is C11H23N3O2. The van der Waals surface area contributed by atoms with E-state index in [1.165, 1.54) is 6.92 Å². The largest absolute Gasteiger partial charge is 0.358 e. The highest BCUT2D eigenvalue weighted by Gasteiger charge is 2.30. The van der Waals surface area contributed by atoms with E-state index in [-0.39, 0.29) is 17.9 Å². The smallest absolute Gasteiger partial charge is 0.238 e. The molecule has 5 nitrogen and oxygen atoms in total. The van der Waals surface area contributed by atoms with Gasteiger partial charge in [0.05, 0.1) is 0 Å². The summed E-state index contributed by atoms with van der Waals surface area (Å²) in [5.41, 5.74) is 0. The summed E-state index contributed by atoms with van der Waals surface area (Å²) in [7, 11) is 3.51. The van der Waals surface area contributed by atoms with Gasteiger partial charge >= 0.3 is 0 Å². The quantitative estimate of drug-likeness (QED) is 0.684. The zero-order valence-electron chi connectivity index (χ0n) is 10.9. The molecule has 1 saturated heterocycles. The van der Waals surface area contributed by atoms with Gasteiger partial charge in [0.25, 0.3) is 0 Å². The lowest BCUT2D eigenvalue weighted by Gasteiger charge is -2.37. The molecular weight excluding hydrogens is 206 g/mol. The van der Waals surface area contributed by atoms with Crippen molar-refractivity contribution >= 4 is 11.8 Å². The van der Waals surface area contributed by atoms with E-state index in [1.807, 2.05) is 25.8 Å². The maximum atomic E-state index is 11.5. The second-order valence-electron chi connectivity index (χ2n) is 3.58. The van der Waals surface area contributed by atoms with E-state index in [2.05, 4.69) is 5.32 Å². The Morgan fingerprint density at radius 1 is 1.25 bits per heavy atom. The molecule has 1 N–H and O–H groups in total. The number of amides is 2. The second-order valence-corrected chi connectivity index (χ2v) is 3.58. The summed E-state index contributed by atoms with van der Waals surface area (Å²) < 4.78 is 0. The van der Waals surface area contributed by atoms with Gasteiger partial charge in [0.15, 0.2) is 0 Å². The van der Waals surface area contributed by atoms with E-state index in [0.29, 0.717) is 13.1 Å². The van der Waals surface area contributed by atoms with Gasteiger partial charge in [-0.2, -0.15) is 0 Å². The van der Waals surface area contributed by atoms with Crippen LogP contribution in [-0.2, 0) is 9.59 Å². The average Bonchev–Trinajstić information content (AvgIpc) is 2.31. The number of hydrogen-bond acceptors (Lipinski definition) is 3. The maximum Gasteiger partial charge on any atom is 0.238 e. The molecule has 0 bridgehead atoms. The number of rotatable bonds is 1. The van der Waals surface area contributed by atoms with E-state index in [9.17, 15) is 9.59 Å². The summed E-state index contributed by atoms with van der Waals surface area (Å²) >= 11 is 0. The molecule has 0 aliphatic carbocycles. The lowest BCUT2D eigenvalue weighted by Crippen LogP contribution is -2.58. The van der Waals surface area contributed by atoms with Gasteiger partial charge in [-0.05, 0) is 7.05 Å². The number of nitrogens with one attached hydrogen (secondary N) is 1. The van der Waals surface area contributed by atoms with Crippen LogP contribution in [0.4, 0.5) is 0 Å². The van der Waals surface area contributed by atoms with Crippen molar-refractivity contribution in [3.63, 3.8) is 0 Å². The van der Waals surface area contributed by atoms with Crippen molar-refractivity contribution < 1.29 is 9.59 Å². The van der Waals surface area contributed by atoms with Crippen molar-refractivity contribution in [2.45, 2.75) is 26.8 Å². The number of nitrogens with zero attached hydrogens (tertiary/aromatic N) is 2. The predicted octanol–water partition coefficient (Wildman–Crippen LogP) is -0.0789. The summed E-state index contributed by atoms with van der Waals surface area (Å²) in [5, 5.41) is 2.61. The van der Waals surface area contributed by atoms with E-state index < -0.39 is 0 Å². The van der Waals surface area contributed by atoms with Crippen molar-refractivity contribution in [1.82, 2.24) is 15.1 Å². The summed E-state index contributed by atoms with van der Waals surface area (Å²) in [6, 6.07) is -0.211. The topological polar surface area (TPSA) is 52.7 Å². The van der Waals surface area contributed by atoms with E-state index >= 15 is 0 Å². The fourth-order valence-corrected chi connectivity index (χ4v) is 1.61. The molecule has 0 aromatic carbocycles. The van der Waals surface area contributed by atoms with Gasteiger partial charge in [0.1, 0.15) is 6.04 Å². The molecule has 1 aliphatic heterocycles. The van der Waals surface area contributed by atoms with Crippen molar-refractivity contribution in [2.24, 2.45) is 0 Å². The predicted molar refractivity (Wildman–Crippen MR) is 64.1 cm³/mol. The Kier molecular flexibility index (Phi) is 6.72. The van der Waals surface area contributed by atoms with Crippen molar-refractivity contribution in [3.8, 4) is 0 Å². The van der Waals surface area contributed by atoms with Crippen LogP contribution in [0.15, 0.2) is 0 Å². The Hall–Kier alpha value is -1.10. The Morgan fingerprint density at radius 3 is 2.25 bits per heavy atom. The van der Waals surface area contributed by atoms with Crippen LogP contribution in [0.5, 0.6) is 0 Å². The number of carbonyl (C=O) groups excluding carboxylic acids is 2. The highest BCUT2D eigenvalue weighted by Crippen LogP contribution is 2.07. The molecule has 0 aromatic heterocycles. The van der Waals surface area contributed by atoms with Crippen LogP contribution in [0, 0.1) is 0 Å². The van der Waals surface area contributed by atoms with Gasteiger partial charge in [0, 0.05) is 33.6 Å². The molecule has 0 radical (unpaired) electrons. The molecule has 94 valence electrons. The van der Waals surface area contributed by atoms with Crippen LogP contribution < -0.4 is 5.32 Å². The zero-order chi connectivity index (χ0) is 12.7. The van der Waals surface area contributed by atoms with Crippen molar-refractivity contribution in [1.29, 1.82) is 0 Å². The minimum absolute atomic E-state index is 0.0292. The summed E-state index contributed by atoms with van der Waals surface area (Å²) in [4.78, 5) is 26.3. The molecule has 2 amide bonds. The van der Waals surface area contributed by atoms with Crippen molar-refractivity contribution in [2.75, 3.05) is 33.7 Å². The summed E-state index contributed by atoms with van der Waals surface area (Å²) in [6.07, 6.45) is 0. The lowest BCUT2D eigenvalue weighted by atomic mass is 10.1. The molecule has 1 unspecified atom stereocenters. The molecule has 1 aliphatic rings. The molecule has 0 aromatic rings. The number of likely N-dealkylation sites (N-methyl/N-ethyl adjacent to an activating group) is 2. The first-order valence-corrected chi connectivity index (χ1v) is 5.73. The third-order valence-electron chi connectivity index (χ3n) is 2.64. The van der Waals surface area contributed by atoms with Gasteiger partial charge in [-0.15, -0.1) is 0 Å². The first kappa shape index (κ1) is 14.9. The van der Waals surface area contributed by atoms with Crippen LogP contribution in [-0.4, -0.2) is 61.4 Å². The third kappa shape index (κ3) is 3.81. The SMILES string of the molecule is CC.CNC(=O)C1CN(C(C)=O)CCN1C. The van der Waals surface area contributed by atoms with Crippen LogP contribution >= 0.6 is 0 Å². The fourth-order valence-electron chi connectivity index (χ4n) is 1.61. The van der Waals surface area contributed by atoms with Gasteiger partial charge in [-0.1, -0.05) is 13.8 Å². The highest BCUT2D eigenvalue weighted by molar-refractivity contribution is 5.83. The number of carbonyl (C=O) groups is 2. The highest BCUT2D eigenvalue weighted by atomic mass is 16.2. The van der Waals surface area contributed by atoms with Gasteiger partial charge in [0.2, 0.25) is 11.8 Å². The van der Waals surface area contributed by atoms with E-state index in [0.717, 1.165) is 6.54 Å². The minimum Gasteiger partial charge on any atom is -0.358 e. The normalized spacial score (nSPS) is 20.8. The molecule has 1 rings (SSSR count). The molecule has 1 fully saturated rings. The van der Waals surface area contributed by atoms with Crippen LogP contribution in [0.1, 0.15) is 20.8 Å². The first-order valence-electron chi connectivity index (χ1n) is 5.73. The third-order valence-corrected chi connectivity index (χ3v) is 2.64. The molecule has 16 heavy (non-hydrogen) atoms. The van der Waals surface area contributed by atoms with Crippen molar-refractivity contribution in [3.05, 3.63) is 0 Å². The molecule has 5 heteroatoms. The van der Waals surface area contributed by atoms with Crippen LogP contribution in [0.2, 0.25) is 0 Å². The van der Waals surface area contributed by atoms with Gasteiger partial charge < -0.3 is 10.2 Å². The second kappa shape index (κ2) is 7.22. The van der Waals surface area contributed by atoms with Crippen LogP contribution in [0.3, 0.4) is 0 Å².